The monoisotopic (exact) mass is 294 g/mol. The number of aromatic carboxylic acids is 1. The molecule has 1 heterocycles. The third-order valence-electron chi connectivity index (χ3n) is 3.07. The molecule has 2 aromatic rings. The fourth-order valence-electron chi connectivity index (χ4n) is 2.08. The van der Waals surface area contributed by atoms with Gasteiger partial charge < -0.3 is 9.84 Å². The van der Waals surface area contributed by atoms with Crippen molar-refractivity contribution in [1.29, 1.82) is 0 Å². The summed E-state index contributed by atoms with van der Waals surface area (Å²) in [7, 11) is 1.69. The maximum absolute atomic E-state index is 11.1. The topological polar surface area (TPSA) is 64.3 Å². The van der Waals surface area contributed by atoms with E-state index in [1.54, 1.807) is 7.05 Å². The van der Waals surface area contributed by atoms with Crippen molar-refractivity contribution in [3.8, 4) is 5.75 Å². The Morgan fingerprint density at radius 3 is 2.55 bits per heavy atom. The molecule has 0 aliphatic heterocycles. The summed E-state index contributed by atoms with van der Waals surface area (Å²) >= 11 is 5.97. The van der Waals surface area contributed by atoms with Gasteiger partial charge in [0.1, 0.15) is 17.9 Å². The van der Waals surface area contributed by atoms with Gasteiger partial charge >= 0.3 is 5.97 Å². The van der Waals surface area contributed by atoms with Crippen LogP contribution in [0.25, 0.3) is 0 Å². The molecule has 20 heavy (non-hydrogen) atoms. The summed E-state index contributed by atoms with van der Waals surface area (Å²) in [4.78, 5) is 11.1. The molecule has 1 aromatic heterocycles. The van der Waals surface area contributed by atoms with E-state index in [2.05, 4.69) is 5.10 Å². The zero-order valence-corrected chi connectivity index (χ0v) is 12.2. The number of carboxylic acids is 1. The van der Waals surface area contributed by atoms with Gasteiger partial charge in [-0.05, 0) is 37.1 Å². The molecule has 0 unspecified atom stereocenters. The lowest BCUT2D eigenvalue weighted by Crippen LogP contribution is -2.09. The molecule has 0 radical (unpaired) electrons. The first-order valence-corrected chi connectivity index (χ1v) is 6.41. The van der Waals surface area contributed by atoms with Gasteiger partial charge in [-0.1, -0.05) is 11.6 Å². The number of hydrogen-bond acceptors (Lipinski definition) is 3. The number of aromatic nitrogens is 2. The molecule has 0 aliphatic rings. The maximum Gasteiger partial charge on any atom is 0.339 e. The Kier molecular flexibility index (Phi) is 3.99. The van der Waals surface area contributed by atoms with Gasteiger partial charge in [0.15, 0.2) is 0 Å². The quantitative estimate of drug-likeness (QED) is 0.941. The summed E-state index contributed by atoms with van der Waals surface area (Å²) in [6.07, 6.45) is 1.32. The van der Waals surface area contributed by atoms with E-state index in [1.165, 1.54) is 10.9 Å². The Bertz CT molecular complexity index is 641. The summed E-state index contributed by atoms with van der Waals surface area (Å²) in [6.45, 7) is 3.94. The standard InChI is InChI=1S/C14H15ClN2O3/c1-8-4-10(15)5-9(2)13(8)20-7-12-11(14(18)19)6-16-17(12)3/h4-6H,7H2,1-3H3,(H,18,19). The Labute approximate surface area is 121 Å². The molecule has 1 aromatic carbocycles. The first kappa shape index (κ1) is 14.4. The van der Waals surface area contributed by atoms with Crippen molar-refractivity contribution in [2.45, 2.75) is 20.5 Å². The summed E-state index contributed by atoms with van der Waals surface area (Å²) in [5.74, 6) is -0.298. The predicted molar refractivity (Wildman–Crippen MR) is 75.4 cm³/mol. The van der Waals surface area contributed by atoms with Gasteiger partial charge in [-0.2, -0.15) is 5.10 Å². The molecule has 106 valence electrons. The Morgan fingerprint density at radius 1 is 1.40 bits per heavy atom. The van der Waals surface area contributed by atoms with Crippen molar-refractivity contribution in [3.63, 3.8) is 0 Å². The van der Waals surface area contributed by atoms with Crippen LogP contribution in [0, 0.1) is 13.8 Å². The van der Waals surface area contributed by atoms with Gasteiger partial charge in [-0.15, -0.1) is 0 Å². The van der Waals surface area contributed by atoms with E-state index in [0.717, 1.165) is 11.1 Å². The van der Waals surface area contributed by atoms with Crippen LogP contribution in [0.2, 0.25) is 5.02 Å². The first-order chi connectivity index (χ1) is 9.40. The molecule has 0 saturated carbocycles. The number of ether oxygens (including phenoxy) is 1. The lowest BCUT2D eigenvalue weighted by Gasteiger charge is -2.13. The summed E-state index contributed by atoms with van der Waals surface area (Å²) < 4.78 is 7.26. The van der Waals surface area contributed by atoms with Gasteiger partial charge in [0, 0.05) is 12.1 Å². The minimum atomic E-state index is -1.01. The summed E-state index contributed by atoms with van der Waals surface area (Å²) in [6, 6.07) is 3.62. The number of nitrogens with zero attached hydrogens (tertiary/aromatic N) is 2. The molecule has 6 heteroatoms. The fourth-order valence-corrected chi connectivity index (χ4v) is 2.41. The second-order valence-electron chi connectivity index (χ2n) is 4.59. The number of rotatable bonds is 4. The second-order valence-corrected chi connectivity index (χ2v) is 5.03. The Hall–Kier alpha value is -2.01. The molecule has 2 rings (SSSR count). The molecule has 1 N–H and O–H groups in total. The van der Waals surface area contributed by atoms with Crippen LogP contribution < -0.4 is 4.74 Å². The van der Waals surface area contributed by atoms with Crippen LogP contribution in [-0.4, -0.2) is 20.9 Å². The molecule has 0 atom stereocenters. The van der Waals surface area contributed by atoms with Gasteiger partial charge in [0.05, 0.1) is 11.9 Å². The summed E-state index contributed by atoms with van der Waals surface area (Å²) in [5, 5.41) is 13.7. The molecule has 0 amide bonds. The Morgan fingerprint density at radius 2 is 2.00 bits per heavy atom. The average molecular weight is 295 g/mol. The van der Waals surface area contributed by atoms with Crippen molar-refractivity contribution >= 4 is 17.6 Å². The van der Waals surface area contributed by atoms with Crippen molar-refractivity contribution in [2.24, 2.45) is 7.05 Å². The van der Waals surface area contributed by atoms with E-state index >= 15 is 0 Å². The van der Waals surface area contributed by atoms with Crippen LogP contribution in [0.5, 0.6) is 5.75 Å². The van der Waals surface area contributed by atoms with Crippen LogP contribution in [-0.2, 0) is 13.7 Å². The highest BCUT2D eigenvalue weighted by Gasteiger charge is 2.16. The number of carbonyl (C=O) groups is 1. The van der Waals surface area contributed by atoms with E-state index in [0.29, 0.717) is 16.5 Å². The third-order valence-corrected chi connectivity index (χ3v) is 3.29. The molecular weight excluding hydrogens is 280 g/mol. The van der Waals surface area contributed by atoms with Gasteiger partial charge in [0.25, 0.3) is 0 Å². The highest BCUT2D eigenvalue weighted by atomic mass is 35.5. The van der Waals surface area contributed by atoms with Crippen molar-refractivity contribution in [2.75, 3.05) is 0 Å². The van der Waals surface area contributed by atoms with Gasteiger partial charge in [-0.25, -0.2) is 4.79 Å². The largest absolute Gasteiger partial charge is 0.487 e. The lowest BCUT2D eigenvalue weighted by molar-refractivity contribution is 0.0693. The molecule has 5 nitrogen and oxygen atoms in total. The highest BCUT2D eigenvalue weighted by molar-refractivity contribution is 6.30. The summed E-state index contributed by atoms with van der Waals surface area (Å²) in [5.41, 5.74) is 2.49. The normalized spacial score (nSPS) is 10.6. The van der Waals surface area contributed by atoms with Gasteiger partial charge in [-0.3, -0.25) is 4.68 Å². The number of halogens is 1. The van der Waals surface area contributed by atoms with Gasteiger partial charge in [0.2, 0.25) is 0 Å². The molecular formula is C14H15ClN2O3. The second kappa shape index (κ2) is 5.54. The number of aryl methyl sites for hydroxylation is 3. The molecule has 0 bridgehead atoms. The fraction of sp³-hybridized carbons (Fsp3) is 0.286. The zero-order chi connectivity index (χ0) is 14.9. The van der Waals surface area contributed by atoms with Crippen LogP contribution >= 0.6 is 11.6 Å². The van der Waals surface area contributed by atoms with Crippen molar-refractivity contribution in [1.82, 2.24) is 9.78 Å². The third kappa shape index (κ3) is 2.77. The van der Waals surface area contributed by atoms with E-state index in [4.69, 9.17) is 21.4 Å². The Balaban J connectivity index is 2.26. The lowest BCUT2D eigenvalue weighted by atomic mass is 10.1. The molecule has 0 spiro atoms. The van der Waals surface area contributed by atoms with Crippen LogP contribution in [0.4, 0.5) is 0 Å². The van der Waals surface area contributed by atoms with Crippen LogP contribution in [0.1, 0.15) is 27.2 Å². The van der Waals surface area contributed by atoms with E-state index < -0.39 is 5.97 Å². The average Bonchev–Trinajstić information content (AvgIpc) is 2.69. The highest BCUT2D eigenvalue weighted by Crippen LogP contribution is 2.28. The van der Waals surface area contributed by atoms with Crippen molar-refractivity contribution < 1.29 is 14.6 Å². The number of benzene rings is 1. The van der Waals surface area contributed by atoms with Crippen LogP contribution in [0.3, 0.4) is 0 Å². The van der Waals surface area contributed by atoms with Crippen LogP contribution in [0.15, 0.2) is 18.3 Å². The molecule has 0 fully saturated rings. The molecule has 0 aliphatic carbocycles. The van der Waals surface area contributed by atoms with Crippen molar-refractivity contribution in [3.05, 3.63) is 45.7 Å². The van der Waals surface area contributed by atoms with E-state index in [1.807, 2.05) is 26.0 Å². The smallest absolute Gasteiger partial charge is 0.339 e. The minimum Gasteiger partial charge on any atom is -0.487 e. The SMILES string of the molecule is Cc1cc(Cl)cc(C)c1OCc1c(C(=O)O)cnn1C. The van der Waals surface area contributed by atoms with E-state index in [9.17, 15) is 4.79 Å². The number of hydrogen-bond donors (Lipinski definition) is 1. The van der Waals surface area contributed by atoms with E-state index in [-0.39, 0.29) is 12.2 Å². The maximum atomic E-state index is 11.1. The first-order valence-electron chi connectivity index (χ1n) is 6.04. The minimum absolute atomic E-state index is 0.140. The zero-order valence-electron chi connectivity index (χ0n) is 11.5. The predicted octanol–water partition coefficient (Wildman–Crippen LogP) is 2.97. The number of carboxylic acid groups (broad SMARTS) is 1. The molecule has 0 saturated heterocycles.